The third kappa shape index (κ3) is 5.08. The van der Waals surface area contributed by atoms with E-state index in [9.17, 15) is 14.7 Å². The number of benzene rings is 1. The molecule has 0 aliphatic rings. The Morgan fingerprint density at radius 2 is 1.88 bits per heavy atom. The smallest absolute Gasteiger partial charge is 0.220 e. The van der Waals surface area contributed by atoms with Crippen LogP contribution in [0, 0.1) is 0 Å². The van der Waals surface area contributed by atoms with Crippen LogP contribution in [0.25, 0.3) is 0 Å². The summed E-state index contributed by atoms with van der Waals surface area (Å²) in [4.78, 5) is 23.4. The summed E-state index contributed by atoms with van der Waals surface area (Å²) in [7, 11) is 0. The molecule has 0 radical (unpaired) electrons. The molecule has 0 saturated heterocycles. The number of hydrogen-bond acceptors (Lipinski definition) is 3. The minimum absolute atomic E-state index is 0.0531. The third-order valence-corrected chi connectivity index (χ3v) is 4.60. The van der Waals surface area contributed by atoms with Crippen LogP contribution in [-0.4, -0.2) is 10.9 Å². The molecule has 1 unspecified atom stereocenters. The number of hydrogen-bond donors (Lipinski definition) is 1. The zero-order chi connectivity index (χ0) is 17.7. The molecule has 2 rings (SSSR count). The van der Waals surface area contributed by atoms with E-state index in [1.807, 2.05) is 12.1 Å². The predicted molar refractivity (Wildman–Crippen MR) is 97.2 cm³/mol. The van der Waals surface area contributed by atoms with Crippen molar-refractivity contribution in [2.45, 2.75) is 32.1 Å². The first-order chi connectivity index (χ1) is 11.4. The van der Waals surface area contributed by atoms with Gasteiger partial charge in [-0.3, -0.25) is 4.79 Å². The molecule has 126 valence electrons. The lowest BCUT2D eigenvalue weighted by molar-refractivity contribution is -0.117. The SMILES string of the molecule is CC(=O)CC(CCc1ccc(Cl)c(Cl)c1)c1cccc(O)c(=O)c1. The summed E-state index contributed by atoms with van der Waals surface area (Å²) in [6, 6.07) is 11.6. The van der Waals surface area contributed by atoms with Gasteiger partial charge in [0.2, 0.25) is 5.43 Å². The van der Waals surface area contributed by atoms with Gasteiger partial charge in [0.1, 0.15) is 5.78 Å². The van der Waals surface area contributed by atoms with Crippen LogP contribution >= 0.6 is 23.2 Å². The molecule has 2 aromatic rings. The van der Waals surface area contributed by atoms with Crippen molar-refractivity contribution in [1.82, 2.24) is 0 Å². The van der Waals surface area contributed by atoms with Crippen molar-refractivity contribution in [3.05, 3.63) is 73.9 Å². The highest BCUT2D eigenvalue weighted by molar-refractivity contribution is 6.42. The summed E-state index contributed by atoms with van der Waals surface area (Å²) in [6.07, 6.45) is 1.72. The number of carbonyl (C=O) groups is 1. The lowest BCUT2D eigenvalue weighted by Crippen LogP contribution is -2.07. The van der Waals surface area contributed by atoms with Gasteiger partial charge >= 0.3 is 0 Å². The Bertz CT molecular complexity index is 803. The molecule has 0 aromatic heterocycles. The van der Waals surface area contributed by atoms with Gasteiger partial charge in [0, 0.05) is 6.42 Å². The number of rotatable bonds is 6. The number of aromatic hydroxyl groups is 1. The van der Waals surface area contributed by atoms with E-state index in [4.69, 9.17) is 23.2 Å². The summed E-state index contributed by atoms with van der Waals surface area (Å²) in [5.41, 5.74) is 1.32. The molecule has 0 spiro atoms. The second-order valence-corrected chi connectivity index (χ2v) is 6.62. The van der Waals surface area contributed by atoms with E-state index in [2.05, 4.69) is 0 Å². The minimum Gasteiger partial charge on any atom is -0.504 e. The Morgan fingerprint density at radius 3 is 2.54 bits per heavy atom. The van der Waals surface area contributed by atoms with E-state index >= 15 is 0 Å². The van der Waals surface area contributed by atoms with Crippen LogP contribution in [0.5, 0.6) is 5.75 Å². The molecule has 1 N–H and O–H groups in total. The molecule has 0 fully saturated rings. The fourth-order valence-electron chi connectivity index (χ4n) is 2.63. The van der Waals surface area contributed by atoms with Gasteiger partial charge in [0.25, 0.3) is 0 Å². The molecule has 1 atom stereocenters. The topological polar surface area (TPSA) is 54.4 Å². The Hall–Kier alpha value is -1.84. The molecule has 0 amide bonds. The first-order valence-corrected chi connectivity index (χ1v) is 8.39. The zero-order valence-electron chi connectivity index (χ0n) is 13.3. The average molecular weight is 365 g/mol. The molecule has 2 aromatic carbocycles. The Labute approximate surface area is 150 Å². The lowest BCUT2D eigenvalue weighted by Gasteiger charge is -2.15. The molecule has 5 heteroatoms. The van der Waals surface area contributed by atoms with Crippen molar-refractivity contribution in [3.63, 3.8) is 0 Å². The average Bonchev–Trinajstić information content (AvgIpc) is 2.68. The fourth-order valence-corrected chi connectivity index (χ4v) is 2.95. The summed E-state index contributed by atoms with van der Waals surface area (Å²) in [5.74, 6) is -0.346. The Balaban J connectivity index is 2.24. The first-order valence-electron chi connectivity index (χ1n) is 7.63. The van der Waals surface area contributed by atoms with Crippen molar-refractivity contribution >= 4 is 29.0 Å². The van der Waals surface area contributed by atoms with Gasteiger partial charge in [-0.25, -0.2) is 0 Å². The van der Waals surface area contributed by atoms with Crippen molar-refractivity contribution in [3.8, 4) is 5.75 Å². The quantitative estimate of drug-likeness (QED) is 0.803. The van der Waals surface area contributed by atoms with Crippen LogP contribution < -0.4 is 5.43 Å². The molecule has 0 aliphatic carbocycles. The minimum atomic E-state index is -0.446. The van der Waals surface area contributed by atoms with Crippen LogP contribution in [0.4, 0.5) is 0 Å². The third-order valence-electron chi connectivity index (χ3n) is 3.86. The van der Waals surface area contributed by atoms with E-state index in [0.717, 1.165) is 11.1 Å². The van der Waals surface area contributed by atoms with Crippen LogP contribution in [0.1, 0.15) is 36.8 Å². The molecule has 0 saturated carbocycles. The number of ketones is 1. The zero-order valence-corrected chi connectivity index (χ0v) is 14.8. The molecule has 0 aliphatic heterocycles. The van der Waals surface area contributed by atoms with Crippen LogP contribution in [-0.2, 0) is 11.2 Å². The predicted octanol–water partition coefficient (Wildman–Crippen LogP) is 4.75. The van der Waals surface area contributed by atoms with Gasteiger partial charge in [-0.05, 0) is 61.1 Å². The van der Waals surface area contributed by atoms with E-state index in [0.29, 0.717) is 29.3 Å². The van der Waals surface area contributed by atoms with Crippen molar-refractivity contribution in [2.24, 2.45) is 0 Å². The Kier molecular flexibility index (Phi) is 6.41. The molecule has 0 bridgehead atoms. The van der Waals surface area contributed by atoms with Crippen molar-refractivity contribution in [2.75, 3.05) is 0 Å². The first kappa shape index (κ1) is 18.5. The monoisotopic (exact) mass is 364 g/mol. The highest BCUT2D eigenvalue weighted by atomic mass is 35.5. The maximum Gasteiger partial charge on any atom is 0.220 e. The highest BCUT2D eigenvalue weighted by Gasteiger charge is 2.15. The Morgan fingerprint density at radius 1 is 1.12 bits per heavy atom. The second-order valence-electron chi connectivity index (χ2n) is 5.81. The van der Waals surface area contributed by atoms with Gasteiger partial charge in [0.15, 0.2) is 5.75 Å². The number of carbonyl (C=O) groups excluding carboxylic acids is 1. The van der Waals surface area contributed by atoms with Gasteiger partial charge in [0.05, 0.1) is 10.0 Å². The van der Waals surface area contributed by atoms with E-state index in [1.165, 1.54) is 19.1 Å². The molecule has 24 heavy (non-hydrogen) atoms. The van der Waals surface area contributed by atoms with Gasteiger partial charge < -0.3 is 9.90 Å². The fraction of sp³-hybridized carbons (Fsp3) is 0.263. The lowest BCUT2D eigenvalue weighted by atomic mass is 9.89. The normalized spacial score (nSPS) is 12.0. The van der Waals surface area contributed by atoms with Gasteiger partial charge in [-0.1, -0.05) is 41.4 Å². The molecule has 0 heterocycles. The second kappa shape index (κ2) is 8.32. The summed E-state index contributed by atoms with van der Waals surface area (Å²) < 4.78 is 0. The molecular formula is C19H18Cl2O3. The highest BCUT2D eigenvalue weighted by Crippen LogP contribution is 2.28. The van der Waals surface area contributed by atoms with Crippen LogP contribution in [0.15, 0.2) is 47.3 Å². The maximum atomic E-state index is 11.8. The van der Waals surface area contributed by atoms with Crippen LogP contribution in [0.3, 0.4) is 0 Å². The van der Waals surface area contributed by atoms with E-state index < -0.39 is 5.43 Å². The van der Waals surface area contributed by atoms with Gasteiger partial charge in [-0.2, -0.15) is 0 Å². The largest absolute Gasteiger partial charge is 0.504 e. The summed E-state index contributed by atoms with van der Waals surface area (Å²) in [5, 5.41) is 10.5. The van der Waals surface area contributed by atoms with Crippen molar-refractivity contribution in [1.29, 1.82) is 0 Å². The maximum absolute atomic E-state index is 11.8. The summed E-state index contributed by atoms with van der Waals surface area (Å²) in [6.45, 7) is 1.53. The van der Waals surface area contributed by atoms with Crippen molar-refractivity contribution < 1.29 is 9.90 Å². The molecular weight excluding hydrogens is 347 g/mol. The number of Topliss-reactive ketones (excluding diaryl/α,β-unsaturated/α-hetero) is 1. The van der Waals surface area contributed by atoms with Gasteiger partial charge in [-0.15, -0.1) is 0 Å². The number of halogens is 2. The van der Waals surface area contributed by atoms with E-state index in [-0.39, 0.29) is 17.5 Å². The standard InChI is InChI=1S/C19H18Cl2O3/c1-12(22)9-15(14-3-2-4-18(23)19(24)11-14)7-5-13-6-8-16(20)17(21)10-13/h2-4,6,8,10-11,15H,5,7,9H2,1H3,(H,23,24). The summed E-state index contributed by atoms with van der Waals surface area (Å²) >= 11 is 12.0. The number of aryl methyl sites for hydroxylation is 1. The molecule has 3 nitrogen and oxygen atoms in total. The van der Waals surface area contributed by atoms with Crippen LogP contribution in [0.2, 0.25) is 10.0 Å². The van der Waals surface area contributed by atoms with E-state index in [1.54, 1.807) is 18.2 Å².